The number of hydrogen-bond donors (Lipinski definition) is 2. The first-order valence-electron chi connectivity index (χ1n) is 10.9. The summed E-state index contributed by atoms with van der Waals surface area (Å²) in [7, 11) is 3.09. The summed E-state index contributed by atoms with van der Waals surface area (Å²) in [6.45, 7) is 2.39. The van der Waals surface area contributed by atoms with Gasteiger partial charge in [0.25, 0.3) is 0 Å². The Balaban J connectivity index is 1.65. The van der Waals surface area contributed by atoms with E-state index in [9.17, 15) is 19.7 Å². The third kappa shape index (κ3) is 6.33. The fourth-order valence-corrected chi connectivity index (χ4v) is 3.99. The maximum atomic E-state index is 13.1. The van der Waals surface area contributed by atoms with E-state index in [4.69, 9.17) is 9.47 Å². The van der Waals surface area contributed by atoms with E-state index in [0.29, 0.717) is 43.2 Å². The summed E-state index contributed by atoms with van der Waals surface area (Å²) in [5.41, 5.74) is 0.742. The van der Waals surface area contributed by atoms with Crippen molar-refractivity contribution in [2.24, 2.45) is 0 Å². The number of anilines is 1. The highest BCUT2D eigenvalue weighted by Gasteiger charge is 2.28. The van der Waals surface area contributed by atoms with Crippen molar-refractivity contribution in [3.05, 3.63) is 52.2 Å². The molecule has 0 bridgehead atoms. The fraction of sp³-hybridized carbons (Fsp3) is 0.435. The van der Waals surface area contributed by atoms with Gasteiger partial charge in [0.2, 0.25) is 17.6 Å². The van der Waals surface area contributed by atoms with Crippen molar-refractivity contribution in [3.63, 3.8) is 0 Å². The van der Waals surface area contributed by atoms with Crippen LogP contribution in [-0.4, -0.2) is 61.1 Å². The summed E-state index contributed by atoms with van der Waals surface area (Å²) < 4.78 is 10.6. The number of ether oxygens (including phenoxy) is 2. The summed E-state index contributed by atoms with van der Waals surface area (Å²) in [4.78, 5) is 41.7. The Morgan fingerprint density at radius 2 is 1.85 bits per heavy atom. The molecule has 0 spiro atoms. The summed E-state index contributed by atoms with van der Waals surface area (Å²) >= 11 is 0. The molecule has 1 aliphatic heterocycles. The molecule has 1 aliphatic rings. The number of hydrogen-bond acceptors (Lipinski definition) is 8. The lowest BCUT2D eigenvalue weighted by Crippen LogP contribution is -2.52. The molecular weight excluding hydrogens is 442 g/mol. The van der Waals surface area contributed by atoms with Crippen molar-refractivity contribution in [2.45, 2.75) is 38.3 Å². The second kappa shape index (κ2) is 11.3. The van der Waals surface area contributed by atoms with Crippen molar-refractivity contribution in [3.8, 4) is 11.5 Å². The molecular formula is C23H29N5O6. The molecule has 1 fully saturated rings. The Morgan fingerprint density at radius 3 is 2.41 bits per heavy atom. The molecule has 0 radical (unpaired) electrons. The topological polar surface area (TPSA) is 136 Å². The van der Waals surface area contributed by atoms with Gasteiger partial charge in [0.05, 0.1) is 19.1 Å². The van der Waals surface area contributed by atoms with Gasteiger partial charge in [-0.05, 0) is 36.6 Å². The highest BCUT2D eigenvalue weighted by molar-refractivity contribution is 5.87. The molecule has 182 valence electrons. The first kappa shape index (κ1) is 24.7. The van der Waals surface area contributed by atoms with Crippen LogP contribution in [0.25, 0.3) is 0 Å². The number of carbonyl (C=O) groups excluding carboxylic acids is 2. The average molecular weight is 472 g/mol. The molecule has 2 heterocycles. The first-order valence-corrected chi connectivity index (χ1v) is 10.9. The number of piperidine rings is 1. The monoisotopic (exact) mass is 471 g/mol. The number of aromatic nitrogens is 1. The standard InChI is InChI=1S/C23H29N5O6/c1-15(29)25-20(13-16-11-18(33-2)14-19(12-16)34-3)23(30)26-17-6-9-27(10-7-17)22-21(28(31)32)5-4-8-24-22/h4-5,8,11-12,14,17,20H,6-7,9-10,13H2,1-3H3,(H,25,29)(H,26,30). The lowest BCUT2D eigenvalue weighted by atomic mass is 10.0. The summed E-state index contributed by atoms with van der Waals surface area (Å²) in [5, 5.41) is 17.0. The highest BCUT2D eigenvalue weighted by Crippen LogP contribution is 2.27. The summed E-state index contributed by atoms with van der Waals surface area (Å²) in [6, 6.07) is 7.39. The van der Waals surface area contributed by atoms with Crippen molar-refractivity contribution in [1.29, 1.82) is 0 Å². The van der Waals surface area contributed by atoms with Gasteiger partial charge >= 0.3 is 5.69 Å². The van der Waals surface area contributed by atoms with Crippen LogP contribution in [0.1, 0.15) is 25.3 Å². The summed E-state index contributed by atoms with van der Waals surface area (Å²) in [5.74, 6) is 0.909. The van der Waals surface area contributed by atoms with Gasteiger partial charge in [-0.1, -0.05) is 0 Å². The number of benzene rings is 1. The van der Waals surface area contributed by atoms with Crippen LogP contribution in [0.4, 0.5) is 11.5 Å². The maximum absolute atomic E-state index is 13.1. The molecule has 1 unspecified atom stereocenters. The van der Waals surface area contributed by atoms with Gasteiger partial charge in [0.15, 0.2) is 0 Å². The predicted octanol–water partition coefficient (Wildman–Crippen LogP) is 1.84. The minimum absolute atomic E-state index is 0.0376. The van der Waals surface area contributed by atoms with E-state index in [1.54, 1.807) is 32.4 Å². The largest absolute Gasteiger partial charge is 0.497 e. The number of nitrogens with zero attached hydrogens (tertiary/aromatic N) is 3. The van der Waals surface area contributed by atoms with Crippen molar-refractivity contribution < 1.29 is 24.0 Å². The maximum Gasteiger partial charge on any atom is 0.311 e. The second-order valence-electron chi connectivity index (χ2n) is 8.05. The van der Waals surface area contributed by atoms with Crippen LogP contribution in [0.5, 0.6) is 11.5 Å². The van der Waals surface area contributed by atoms with Crippen LogP contribution in [0, 0.1) is 10.1 Å². The molecule has 1 atom stereocenters. The quantitative estimate of drug-likeness (QED) is 0.418. The minimum atomic E-state index is -0.774. The summed E-state index contributed by atoms with van der Waals surface area (Å²) in [6.07, 6.45) is 2.98. The molecule has 2 amide bonds. The number of nitrogens with one attached hydrogen (secondary N) is 2. The molecule has 2 N–H and O–H groups in total. The number of pyridine rings is 1. The van der Waals surface area contributed by atoms with Gasteiger partial charge in [-0.2, -0.15) is 0 Å². The lowest BCUT2D eigenvalue weighted by Gasteiger charge is -2.33. The molecule has 0 saturated carbocycles. The number of rotatable bonds is 9. The smallest absolute Gasteiger partial charge is 0.311 e. The minimum Gasteiger partial charge on any atom is -0.497 e. The third-order valence-corrected chi connectivity index (χ3v) is 5.65. The van der Waals surface area contributed by atoms with Crippen LogP contribution in [0.3, 0.4) is 0 Å². The number of nitro groups is 1. The van der Waals surface area contributed by atoms with E-state index >= 15 is 0 Å². The van der Waals surface area contributed by atoms with E-state index in [1.165, 1.54) is 25.3 Å². The molecule has 2 aromatic rings. The van der Waals surface area contributed by atoms with Gasteiger partial charge in [0.1, 0.15) is 17.5 Å². The predicted molar refractivity (Wildman–Crippen MR) is 125 cm³/mol. The van der Waals surface area contributed by atoms with Crippen LogP contribution in [0.15, 0.2) is 36.5 Å². The zero-order chi connectivity index (χ0) is 24.7. The Hall–Kier alpha value is -3.89. The molecule has 0 aliphatic carbocycles. The van der Waals surface area contributed by atoms with E-state index in [1.807, 2.05) is 4.90 Å². The second-order valence-corrected chi connectivity index (χ2v) is 8.05. The van der Waals surface area contributed by atoms with Gasteiger partial charge < -0.3 is 25.0 Å². The Labute approximate surface area is 197 Å². The van der Waals surface area contributed by atoms with E-state index in [-0.39, 0.29) is 30.0 Å². The molecule has 1 aromatic carbocycles. The van der Waals surface area contributed by atoms with Crippen LogP contribution in [-0.2, 0) is 16.0 Å². The molecule has 34 heavy (non-hydrogen) atoms. The Bertz CT molecular complexity index is 1020. The van der Waals surface area contributed by atoms with Crippen molar-refractivity contribution in [2.75, 3.05) is 32.2 Å². The van der Waals surface area contributed by atoms with E-state index in [0.717, 1.165) is 5.56 Å². The molecule has 1 saturated heterocycles. The average Bonchev–Trinajstić information content (AvgIpc) is 2.83. The first-order chi connectivity index (χ1) is 16.3. The van der Waals surface area contributed by atoms with Crippen LogP contribution in [0.2, 0.25) is 0 Å². The van der Waals surface area contributed by atoms with Crippen molar-refractivity contribution in [1.82, 2.24) is 15.6 Å². The van der Waals surface area contributed by atoms with Crippen LogP contribution < -0.4 is 25.0 Å². The molecule has 11 heteroatoms. The molecule has 11 nitrogen and oxygen atoms in total. The van der Waals surface area contributed by atoms with Gasteiger partial charge in [-0.3, -0.25) is 19.7 Å². The normalized spacial score (nSPS) is 14.7. The molecule has 1 aromatic heterocycles. The lowest BCUT2D eigenvalue weighted by molar-refractivity contribution is -0.384. The van der Waals surface area contributed by atoms with E-state index in [2.05, 4.69) is 15.6 Å². The third-order valence-electron chi connectivity index (χ3n) is 5.65. The van der Waals surface area contributed by atoms with Crippen LogP contribution >= 0.6 is 0 Å². The van der Waals surface area contributed by atoms with E-state index < -0.39 is 11.0 Å². The highest BCUT2D eigenvalue weighted by atomic mass is 16.6. The number of amides is 2. The fourth-order valence-electron chi connectivity index (χ4n) is 3.99. The Kier molecular flexibility index (Phi) is 8.23. The van der Waals surface area contributed by atoms with Crippen molar-refractivity contribution >= 4 is 23.3 Å². The molecule has 3 rings (SSSR count). The Morgan fingerprint density at radius 1 is 1.21 bits per heavy atom. The zero-order valence-electron chi connectivity index (χ0n) is 19.4. The van der Waals surface area contributed by atoms with Gasteiger partial charge in [-0.25, -0.2) is 4.98 Å². The zero-order valence-corrected chi connectivity index (χ0v) is 19.4. The number of methoxy groups -OCH3 is 2. The number of carbonyl (C=O) groups is 2. The van der Waals surface area contributed by atoms with Gasteiger partial charge in [0, 0.05) is 50.8 Å². The van der Waals surface area contributed by atoms with Gasteiger partial charge in [-0.15, -0.1) is 0 Å². The SMILES string of the molecule is COc1cc(CC(NC(C)=O)C(=O)NC2CCN(c3ncccc3[N+](=O)[O-])CC2)cc(OC)c1.